The molecule has 2 atom stereocenters. The third-order valence-electron chi connectivity index (χ3n) is 4.37. The van der Waals surface area contributed by atoms with Gasteiger partial charge in [0.2, 0.25) is 5.91 Å². The average Bonchev–Trinajstić information content (AvgIpc) is 2.79. The standard InChI is InChI=1S/C18H22ClN3O3/c1-10(9-14-11(2)21-22(4)12(14)3)17(23)20-16(18(24)25)13-7-5-6-8-15(13)19/h5-8,10,16H,9H2,1-4H3,(H,20,23)(H,24,25)/t10-,16+/m1/s1. The Bertz CT molecular complexity index is 801. The molecule has 134 valence electrons. The summed E-state index contributed by atoms with van der Waals surface area (Å²) in [7, 11) is 1.86. The predicted octanol–water partition coefficient (Wildman–Crippen LogP) is 2.81. The summed E-state index contributed by atoms with van der Waals surface area (Å²) in [5.41, 5.74) is 3.25. The molecule has 0 unspecified atom stereocenters. The summed E-state index contributed by atoms with van der Waals surface area (Å²) in [6.07, 6.45) is 0.492. The Balaban J connectivity index is 2.16. The highest BCUT2D eigenvalue weighted by Gasteiger charge is 2.27. The topological polar surface area (TPSA) is 84.2 Å². The van der Waals surface area contributed by atoms with Crippen LogP contribution in [-0.2, 0) is 23.1 Å². The van der Waals surface area contributed by atoms with Gasteiger partial charge in [0.25, 0.3) is 0 Å². The van der Waals surface area contributed by atoms with E-state index in [2.05, 4.69) is 10.4 Å². The Morgan fingerprint density at radius 1 is 1.32 bits per heavy atom. The van der Waals surface area contributed by atoms with Crippen LogP contribution < -0.4 is 5.32 Å². The zero-order valence-electron chi connectivity index (χ0n) is 14.7. The summed E-state index contributed by atoms with van der Waals surface area (Å²) < 4.78 is 1.78. The summed E-state index contributed by atoms with van der Waals surface area (Å²) in [5.74, 6) is -1.89. The second kappa shape index (κ2) is 7.70. The average molecular weight is 364 g/mol. The van der Waals surface area contributed by atoms with Crippen LogP contribution in [0.15, 0.2) is 24.3 Å². The fourth-order valence-corrected chi connectivity index (χ4v) is 3.02. The summed E-state index contributed by atoms with van der Waals surface area (Å²) >= 11 is 6.07. The van der Waals surface area contributed by atoms with Gasteiger partial charge in [0, 0.05) is 29.2 Å². The highest BCUT2D eigenvalue weighted by molar-refractivity contribution is 6.31. The lowest BCUT2D eigenvalue weighted by molar-refractivity contribution is -0.142. The normalized spacial score (nSPS) is 13.3. The summed E-state index contributed by atoms with van der Waals surface area (Å²) in [6.45, 7) is 5.62. The molecule has 0 bridgehead atoms. The maximum atomic E-state index is 12.5. The van der Waals surface area contributed by atoms with E-state index < -0.39 is 17.9 Å². The number of nitrogens with one attached hydrogen (secondary N) is 1. The second-order valence-corrected chi connectivity index (χ2v) is 6.59. The largest absolute Gasteiger partial charge is 0.479 e. The molecule has 2 aromatic rings. The first-order chi connectivity index (χ1) is 11.7. The fourth-order valence-electron chi connectivity index (χ4n) is 2.78. The van der Waals surface area contributed by atoms with E-state index in [9.17, 15) is 14.7 Å². The van der Waals surface area contributed by atoms with E-state index in [1.807, 2.05) is 20.9 Å². The van der Waals surface area contributed by atoms with E-state index in [0.29, 0.717) is 17.0 Å². The van der Waals surface area contributed by atoms with E-state index in [0.717, 1.165) is 17.0 Å². The number of benzene rings is 1. The lowest BCUT2D eigenvalue weighted by Crippen LogP contribution is -2.37. The van der Waals surface area contributed by atoms with Gasteiger partial charge in [-0.05, 0) is 31.9 Å². The molecule has 0 radical (unpaired) electrons. The molecule has 0 aliphatic rings. The van der Waals surface area contributed by atoms with Crippen LogP contribution in [0.1, 0.15) is 35.5 Å². The van der Waals surface area contributed by atoms with Gasteiger partial charge in [-0.2, -0.15) is 5.10 Å². The number of carbonyl (C=O) groups is 2. The number of aromatic nitrogens is 2. The van der Waals surface area contributed by atoms with Gasteiger partial charge >= 0.3 is 5.97 Å². The molecule has 6 nitrogen and oxygen atoms in total. The van der Waals surface area contributed by atoms with Crippen molar-refractivity contribution in [3.63, 3.8) is 0 Å². The quantitative estimate of drug-likeness (QED) is 0.826. The lowest BCUT2D eigenvalue weighted by atomic mass is 9.98. The minimum atomic E-state index is -1.18. The first kappa shape index (κ1) is 19.0. The molecule has 0 fully saturated rings. The molecular formula is C18H22ClN3O3. The van der Waals surface area contributed by atoms with Crippen LogP contribution in [0.25, 0.3) is 0 Å². The third-order valence-corrected chi connectivity index (χ3v) is 4.71. The molecule has 1 aromatic heterocycles. The molecule has 0 aliphatic heterocycles. The van der Waals surface area contributed by atoms with Crippen molar-refractivity contribution >= 4 is 23.5 Å². The molecule has 0 saturated heterocycles. The fraction of sp³-hybridized carbons (Fsp3) is 0.389. The van der Waals surface area contributed by atoms with Crippen molar-refractivity contribution in [2.45, 2.75) is 33.2 Å². The van der Waals surface area contributed by atoms with Crippen LogP contribution in [-0.4, -0.2) is 26.8 Å². The lowest BCUT2D eigenvalue weighted by Gasteiger charge is -2.19. The molecule has 1 aromatic carbocycles. The van der Waals surface area contributed by atoms with Gasteiger partial charge in [0.1, 0.15) is 0 Å². The van der Waals surface area contributed by atoms with Crippen LogP contribution >= 0.6 is 11.6 Å². The first-order valence-electron chi connectivity index (χ1n) is 7.99. The number of rotatable bonds is 6. The molecule has 1 heterocycles. The van der Waals surface area contributed by atoms with Crippen LogP contribution in [0.4, 0.5) is 0 Å². The number of hydrogen-bond donors (Lipinski definition) is 2. The van der Waals surface area contributed by atoms with Crippen LogP contribution in [0, 0.1) is 19.8 Å². The Hall–Kier alpha value is -2.34. The highest BCUT2D eigenvalue weighted by Crippen LogP contribution is 2.24. The van der Waals surface area contributed by atoms with Gasteiger partial charge in [-0.15, -0.1) is 0 Å². The number of hydrogen-bond acceptors (Lipinski definition) is 3. The molecule has 7 heteroatoms. The number of aryl methyl sites for hydroxylation is 2. The summed E-state index contributed by atoms with van der Waals surface area (Å²) in [4.78, 5) is 24.1. The maximum Gasteiger partial charge on any atom is 0.330 e. The van der Waals surface area contributed by atoms with Gasteiger partial charge in [-0.1, -0.05) is 36.7 Å². The van der Waals surface area contributed by atoms with Crippen molar-refractivity contribution in [1.29, 1.82) is 0 Å². The van der Waals surface area contributed by atoms with E-state index in [1.165, 1.54) is 0 Å². The van der Waals surface area contributed by atoms with Crippen molar-refractivity contribution in [3.05, 3.63) is 51.8 Å². The Morgan fingerprint density at radius 2 is 1.96 bits per heavy atom. The zero-order valence-corrected chi connectivity index (χ0v) is 15.5. The number of carbonyl (C=O) groups excluding carboxylic acids is 1. The minimum Gasteiger partial charge on any atom is -0.479 e. The zero-order chi connectivity index (χ0) is 18.7. The Morgan fingerprint density at radius 3 is 2.48 bits per heavy atom. The van der Waals surface area contributed by atoms with Crippen molar-refractivity contribution in [1.82, 2.24) is 15.1 Å². The Labute approximate surface area is 151 Å². The third kappa shape index (κ3) is 4.20. The molecule has 0 spiro atoms. The summed E-state index contributed by atoms with van der Waals surface area (Å²) in [6, 6.07) is 5.42. The molecule has 2 rings (SSSR count). The number of carboxylic acid groups (broad SMARTS) is 1. The van der Waals surface area contributed by atoms with Crippen molar-refractivity contribution in [2.75, 3.05) is 0 Å². The summed E-state index contributed by atoms with van der Waals surface area (Å²) in [5, 5.41) is 16.7. The van der Waals surface area contributed by atoms with Crippen LogP contribution in [0.5, 0.6) is 0 Å². The van der Waals surface area contributed by atoms with Crippen LogP contribution in [0.3, 0.4) is 0 Å². The molecule has 1 amide bonds. The number of carboxylic acids is 1. The minimum absolute atomic E-state index is 0.307. The smallest absolute Gasteiger partial charge is 0.330 e. The van der Waals surface area contributed by atoms with Crippen molar-refractivity contribution in [3.8, 4) is 0 Å². The number of halogens is 1. The van der Waals surface area contributed by atoms with Crippen LogP contribution in [0.2, 0.25) is 5.02 Å². The maximum absolute atomic E-state index is 12.5. The van der Waals surface area contributed by atoms with Gasteiger partial charge in [0.05, 0.1) is 5.69 Å². The van der Waals surface area contributed by atoms with Gasteiger partial charge < -0.3 is 10.4 Å². The molecule has 0 saturated carbocycles. The number of aliphatic carboxylic acids is 1. The van der Waals surface area contributed by atoms with E-state index in [1.54, 1.807) is 35.9 Å². The van der Waals surface area contributed by atoms with Gasteiger partial charge in [-0.3, -0.25) is 9.48 Å². The molecular weight excluding hydrogens is 342 g/mol. The molecule has 2 N–H and O–H groups in total. The number of amides is 1. The SMILES string of the molecule is Cc1nn(C)c(C)c1C[C@@H](C)C(=O)N[C@H](C(=O)O)c1ccccc1Cl. The second-order valence-electron chi connectivity index (χ2n) is 6.18. The monoisotopic (exact) mass is 363 g/mol. The van der Waals surface area contributed by atoms with E-state index in [-0.39, 0.29) is 5.91 Å². The van der Waals surface area contributed by atoms with Crippen molar-refractivity contribution in [2.24, 2.45) is 13.0 Å². The predicted molar refractivity (Wildman–Crippen MR) is 95.5 cm³/mol. The molecule has 25 heavy (non-hydrogen) atoms. The van der Waals surface area contributed by atoms with E-state index in [4.69, 9.17) is 11.6 Å². The molecule has 0 aliphatic carbocycles. The number of nitrogens with zero attached hydrogens (tertiary/aromatic N) is 2. The Kier molecular flexibility index (Phi) is 5.85. The van der Waals surface area contributed by atoms with E-state index >= 15 is 0 Å². The van der Waals surface area contributed by atoms with Gasteiger partial charge in [-0.25, -0.2) is 4.79 Å². The first-order valence-corrected chi connectivity index (χ1v) is 8.36. The van der Waals surface area contributed by atoms with Crippen molar-refractivity contribution < 1.29 is 14.7 Å². The van der Waals surface area contributed by atoms with Gasteiger partial charge in [0.15, 0.2) is 6.04 Å². The highest BCUT2D eigenvalue weighted by atomic mass is 35.5.